The number of hydrogen-bond donors (Lipinski definition) is 3. The van der Waals surface area contributed by atoms with Gasteiger partial charge in [-0.05, 0) is 204 Å². The highest BCUT2D eigenvalue weighted by Crippen LogP contribution is 2.68. The number of H-pyrrole nitrogens is 2. The molecule has 11 aromatic rings. The van der Waals surface area contributed by atoms with E-state index in [9.17, 15) is 0 Å². The van der Waals surface area contributed by atoms with Gasteiger partial charge in [-0.3, -0.25) is 0 Å². The molecule has 0 fully saturated rings. The highest BCUT2D eigenvalue weighted by atomic mass is 32.2. The van der Waals surface area contributed by atoms with Crippen molar-refractivity contribution in [2.45, 2.75) is 257 Å². The van der Waals surface area contributed by atoms with Crippen LogP contribution >= 0.6 is 47.0 Å². The van der Waals surface area contributed by atoms with Crippen molar-refractivity contribution < 1.29 is 47.8 Å². The van der Waals surface area contributed by atoms with Gasteiger partial charge in [0, 0.05) is 71.9 Å². The van der Waals surface area contributed by atoms with Gasteiger partial charge in [-0.1, -0.05) is 272 Å². The van der Waals surface area contributed by atoms with E-state index in [-0.39, 0.29) is 59.0 Å². The quantitative estimate of drug-likeness (QED) is 0.0238. The first kappa shape index (κ1) is 110. The summed E-state index contributed by atoms with van der Waals surface area (Å²) in [6.07, 6.45) is 5.75. The molecular formula is C120H163N16O9S4+. The molecule has 0 radical (unpaired) electrons. The number of fused-ring (bicyclic) bond motifs is 28. The lowest BCUT2D eigenvalue weighted by Gasteiger charge is -2.37. The minimum Gasteiger partial charge on any atom is -0.492 e. The zero-order valence-corrected chi connectivity index (χ0v) is 96.4. The molecule has 149 heavy (non-hydrogen) atoms. The van der Waals surface area contributed by atoms with Crippen LogP contribution < -0.4 is 62.2 Å². The second-order valence-electron chi connectivity index (χ2n) is 43.4. The van der Waals surface area contributed by atoms with E-state index in [0.717, 1.165) is 195 Å². The van der Waals surface area contributed by atoms with Crippen molar-refractivity contribution in [3.05, 3.63) is 97.1 Å². The lowest BCUT2D eigenvalue weighted by molar-refractivity contribution is -0.888. The highest BCUT2D eigenvalue weighted by molar-refractivity contribution is 8.00. The molecule has 800 valence electrons. The number of nitrogens with zero attached hydrogens (tertiary/aromatic N) is 14. The minimum atomic E-state index is 0.105. The fraction of sp³-hybridized carbons (Fsp3) is 0.533. The van der Waals surface area contributed by atoms with E-state index in [2.05, 4.69) is 312 Å². The molecule has 3 aromatic heterocycles. The van der Waals surface area contributed by atoms with E-state index in [1.807, 2.05) is 0 Å². The third-order valence-electron chi connectivity index (χ3n) is 29.4. The van der Waals surface area contributed by atoms with E-state index in [1.165, 1.54) is 4.73 Å². The zero-order valence-electron chi connectivity index (χ0n) is 93.1. The maximum atomic E-state index is 15.4. The normalized spacial score (nSPS) is 13.5. The minimum absolute atomic E-state index is 0.105. The van der Waals surface area contributed by atoms with Crippen LogP contribution in [-0.2, 0) is 0 Å². The Morgan fingerprint density at radius 3 is 0.772 bits per heavy atom. The van der Waals surface area contributed by atoms with Gasteiger partial charge < -0.3 is 92.3 Å². The van der Waals surface area contributed by atoms with Gasteiger partial charge in [0.1, 0.15) is 62.4 Å². The van der Waals surface area contributed by atoms with Crippen LogP contribution in [0.4, 0.5) is 45.5 Å². The summed E-state index contributed by atoms with van der Waals surface area (Å²) in [6.45, 7) is 68.8. The van der Waals surface area contributed by atoms with Crippen molar-refractivity contribution in [3.8, 4) is 91.5 Å². The predicted molar refractivity (Wildman–Crippen MR) is 617 cm³/mol. The Morgan fingerprint density at radius 2 is 0.490 bits per heavy atom. The molecule has 8 aromatic carbocycles. The number of ether oxygens (including phenoxy) is 8. The maximum Gasteiger partial charge on any atom is 0.314 e. The Kier molecular flexibility index (Phi) is 36.7. The molecule has 0 saturated heterocycles. The predicted octanol–water partition coefficient (Wildman–Crippen LogP) is 29.2. The largest absolute Gasteiger partial charge is 0.492 e. The van der Waals surface area contributed by atoms with Crippen LogP contribution in [0.2, 0.25) is 0 Å². The average molecular weight is 2100 g/mol. The first-order valence-corrected chi connectivity index (χ1v) is 59.0. The number of hydrogen-bond acceptors (Lipinski definition) is 26. The Hall–Kier alpha value is -10.2. The fourth-order valence-electron chi connectivity index (χ4n) is 20.2. The van der Waals surface area contributed by atoms with Crippen molar-refractivity contribution >= 4 is 137 Å². The first-order valence-electron chi connectivity index (χ1n) is 55.8. The second-order valence-corrected chi connectivity index (χ2v) is 47.6. The van der Waals surface area contributed by atoms with Crippen molar-refractivity contribution in [2.24, 2.45) is 47.3 Å². The SMILES string of the molecule is CCN(CC)CCN1c2ccccc2Sc2c(OCCC(C)C)c3c(c(OCCC(C)C)c21)-c1nc-3nc2[nH]c(nc3[n+](O)c(nc4[nH]c(n1)c1c(OCCC(C)C)c5c(c(OCCC(C)C)c41)N(CCN(CC)CC)c1ccccc1S5)-c1c(OCCC(C)C)c4c(c(OCCC(C)C)c1-3)N(CCN(CC)CC)c1ccccc1S4)c1c(OCCC(C)C)c3c(c(OCCC(C)C)c21)N(CCN(CC)CC)c1ccccc1S3. The summed E-state index contributed by atoms with van der Waals surface area (Å²) in [5.41, 5.74) is 11.1. The lowest BCUT2D eigenvalue weighted by Crippen LogP contribution is -2.34. The monoisotopic (exact) mass is 2100 g/mol. The van der Waals surface area contributed by atoms with Gasteiger partial charge in [-0.25, -0.2) is 15.0 Å². The molecule has 6 aliphatic heterocycles. The number of rotatable bonds is 52. The summed E-state index contributed by atoms with van der Waals surface area (Å²) in [4.78, 5) is 67.5. The third-order valence-corrected chi connectivity index (χ3v) is 34.0. The van der Waals surface area contributed by atoms with Crippen LogP contribution in [0.3, 0.4) is 0 Å². The molecule has 8 bridgehead atoms. The van der Waals surface area contributed by atoms with Gasteiger partial charge in [-0.15, -0.1) is 0 Å². The molecule has 0 spiro atoms. The zero-order chi connectivity index (χ0) is 105. The molecule has 0 aliphatic carbocycles. The number of para-hydroxylation sites is 4. The second kappa shape index (κ2) is 49.7. The van der Waals surface area contributed by atoms with Crippen molar-refractivity contribution in [1.82, 2.24) is 54.5 Å². The Morgan fingerprint density at radius 1 is 0.275 bits per heavy atom. The molecule has 9 heterocycles. The number of aromatic amines is 2. The molecule has 17 rings (SSSR count). The summed E-state index contributed by atoms with van der Waals surface area (Å²) in [5, 5.41) is 17.8. The van der Waals surface area contributed by atoms with Crippen molar-refractivity contribution in [1.29, 1.82) is 0 Å². The van der Waals surface area contributed by atoms with Gasteiger partial charge in [0.2, 0.25) is 11.3 Å². The summed E-state index contributed by atoms with van der Waals surface area (Å²) in [7, 11) is 0. The standard InChI is InChI=1S/C120H162N16O9S4/c1-25-128(26-2)57-61-132-81-41-33-37-45-85(81)146-109-97(132)101(138-65-49-73(9)10)89-92(105(109)142-69-53-77(17)18)115-121-113(89)122-116-93-91(103(140-67-51-75(13)14)99-110(106(93)143-70-54-78(19)20)147-86-46-38-35-43-83(86)134(99)63-59-130(29-5)30-6)117(125-116)126-120-96-95(104(141-68-52-76(15)16)100-112(108(96)145-72-56-80(23)24)149-88-48-40-36-44-84(88)135(100)64-60-131(31-7)32-8)119(136(120)137)127-118-94-90(114(123-115)124-118)102(139-66-50-74(11)12)98-111(107(94)144-71-55-79(21)22)148-87-47-39-34-42-82(87)133(98)62-58-129(27-3)28-4/h33-48,73-80,137H,25-32,49-72H2,1-24H3,(H,121,122,123,124,125,126,127)/p+1. The van der Waals surface area contributed by atoms with Crippen LogP contribution in [0.25, 0.3) is 89.7 Å². The van der Waals surface area contributed by atoms with E-state index in [1.54, 1.807) is 47.0 Å². The first-order chi connectivity index (χ1) is 72.1. The van der Waals surface area contributed by atoms with Crippen LogP contribution in [0, 0.1) is 47.3 Å². The summed E-state index contributed by atoms with van der Waals surface area (Å²) in [6, 6.07) is 35.0. The highest BCUT2D eigenvalue weighted by Gasteiger charge is 2.49. The number of aromatic nitrogens is 8. The molecule has 0 unspecified atom stereocenters. The topological polar surface area (TPSA) is 220 Å². The molecule has 29 heteroatoms. The molecular weight excluding hydrogens is 1940 g/mol. The number of benzene rings is 8. The smallest absolute Gasteiger partial charge is 0.314 e. The molecule has 25 nitrogen and oxygen atoms in total. The van der Waals surface area contributed by atoms with Crippen LogP contribution in [-0.4, -0.2) is 217 Å². The average Bonchev–Trinajstić information content (AvgIpc) is 1.56. The maximum absolute atomic E-state index is 15.4. The van der Waals surface area contributed by atoms with Crippen LogP contribution in [0.1, 0.15) is 218 Å². The molecule has 0 amide bonds. The van der Waals surface area contributed by atoms with Gasteiger partial charge in [-0.2, -0.15) is 0 Å². The Balaban J connectivity index is 1.18. The van der Waals surface area contributed by atoms with E-state index < -0.39 is 0 Å². The Labute approximate surface area is 902 Å². The third kappa shape index (κ3) is 23.3. The molecule has 0 atom stereocenters. The lowest BCUT2D eigenvalue weighted by atomic mass is 10.0. The summed E-state index contributed by atoms with van der Waals surface area (Å²) < 4.78 is 64.6. The summed E-state index contributed by atoms with van der Waals surface area (Å²) in [5.74, 6) is 7.37. The van der Waals surface area contributed by atoms with Gasteiger partial charge >= 0.3 is 11.6 Å². The van der Waals surface area contributed by atoms with E-state index >= 15 is 5.21 Å². The van der Waals surface area contributed by atoms with Gasteiger partial charge in [0.25, 0.3) is 0 Å². The number of anilines is 8. The molecule has 0 saturated carbocycles. The van der Waals surface area contributed by atoms with Gasteiger partial charge in [0.15, 0.2) is 40.4 Å². The number of nitrogens with one attached hydrogen (secondary N) is 2. The summed E-state index contributed by atoms with van der Waals surface area (Å²) >= 11 is 6.75. The number of likely N-dealkylation sites (N-methyl/N-ethyl adjacent to an activating group) is 4. The fourth-order valence-corrected chi connectivity index (χ4v) is 25.1. The van der Waals surface area contributed by atoms with Gasteiger partial charge in [0.05, 0.1) is 128 Å². The van der Waals surface area contributed by atoms with E-state index in [0.29, 0.717) is 222 Å². The van der Waals surface area contributed by atoms with Crippen LogP contribution in [0.15, 0.2) is 136 Å². The molecule has 6 aliphatic rings. The Bertz CT molecular complexity index is 6730. The van der Waals surface area contributed by atoms with Crippen LogP contribution in [0.5, 0.6) is 46.0 Å². The van der Waals surface area contributed by atoms with Crippen molar-refractivity contribution in [3.63, 3.8) is 0 Å². The van der Waals surface area contributed by atoms with Crippen molar-refractivity contribution in [2.75, 3.05) is 177 Å². The van der Waals surface area contributed by atoms with E-state index in [4.69, 9.17) is 62.8 Å². The molecule has 3 N–H and O–H groups in total.